The van der Waals surface area contributed by atoms with E-state index in [-0.39, 0.29) is 0 Å². The fourth-order valence-corrected chi connectivity index (χ4v) is 2.49. The number of aryl methyl sites for hydroxylation is 1. The van der Waals surface area contributed by atoms with Gasteiger partial charge in [0.1, 0.15) is 5.15 Å². The summed E-state index contributed by atoms with van der Waals surface area (Å²) in [6, 6.07) is 4.45. The van der Waals surface area contributed by atoms with Crippen LogP contribution in [0.3, 0.4) is 0 Å². The fourth-order valence-electron chi connectivity index (χ4n) is 2.14. The molecule has 2 rings (SSSR count). The van der Waals surface area contributed by atoms with E-state index in [0.717, 1.165) is 25.0 Å². The molecule has 0 bridgehead atoms. The second-order valence-electron chi connectivity index (χ2n) is 4.10. The van der Waals surface area contributed by atoms with Gasteiger partial charge in [-0.15, -0.1) is 0 Å². The van der Waals surface area contributed by atoms with Crippen molar-refractivity contribution in [3.63, 3.8) is 0 Å². The van der Waals surface area contributed by atoms with Crippen molar-refractivity contribution in [3.8, 4) is 0 Å². The first kappa shape index (κ1) is 9.94. The Bertz CT molecular complexity index is 338. The van der Waals surface area contributed by atoms with Crippen LogP contribution < -0.4 is 5.73 Å². The SMILES string of the molecule is Cc1ccc(C2CCC(N)C2)c(Cl)n1. The summed E-state index contributed by atoms with van der Waals surface area (Å²) in [6.45, 7) is 1.95. The van der Waals surface area contributed by atoms with Crippen molar-refractivity contribution < 1.29 is 0 Å². The van der Waals surface area contributed by atoms with Crippen molar-refractivity contribution in [3.05, 3.63) is 28.5 Å². The molecule has 0 amide bonds. The summed E-state index contributed by atoms with van der Waals surface area (Å²) in [6.07, 6.45) is 3.30. The Morgan fingerprint density at radius 2 is 2.21 bits per heavy atom. The van der Waals surface area contributed by atoms with E-state index in [1.54, 1.807) is 0 Å². The molecule has 1 aromatic rings. The Morgan fingerprint density at radius 1 is 1.43 bits per heavy atom. The van der Waals surface area contributed by atoms with Crippen LogP contribution in [0.15, 0.2) is 12.1 Å². The Balaban J connectivity index is 2.24. The van der Waals surface area contributed by atoms with Crippen LogP contribution in [0.5, 0.6) is 0 Å². The van der Waals surface area contributed by atoms with Crippen molar-refractivity contribution in [1.29, 1.82) is 0 Å². The highest BCUT2D eigenvalue weighted by molar-refractivity contribution is 6.30. The molecule has 2 N–H and O–H groups in total. The molecule has 0 radical (unpaired) electrons. The number of rotatable bonds is 1. The maximum absolute atomic E-state index is 6.11. The van der Waals surface area contributed by atoms with Crippen molar-refractivity contribution in [1.82, 2.24) is 4.98 Å². The van der Waals surface area contributed by atoms with E-state index >= 15 is 0 Å². The Labute approximate surface area is 89.5 Å². The average molecular weight is 211 g/mol. The van der Waals surface area contributed by atoms with Crippen LogP contribution in [-0.4, -0.2) is 11.0 Å². The van der Waals surface area contributed by atoms with E-state index in [0.29, 0.717) is 17.1 Å². The van der Waals surface area contributed by atoms with Gasteiger partial charge in [-0.1, -0.05) is 17.7 Å². The molecule has 2 atom stereocenters. The van der Waals surface area contributed by atoms with Crippen LogP contribution in [-0.2, 0) is 0 Å². The summed E-state index contributed by atoms with van der Waals surface area (Å²) in [7, 11) is 0. The molecule has 76 valence electrons. The third-order valence-corrected chi connectivity index (χ3v) is 3.23. The third-order valence-electron chi connectivity index (χ3n) is 2.93. The van der Waals surface area contributed by atoms with Crippen molar-refractivity contribution >= 4 is 11.6 Å². The van der Waals surface area contributed by atoms with Gasteiger partial charge in [0, 0.05) is 11.7 Å². The molecule has 2 nitrogen and oxygen atoms in total. The zero-order valence-corrected chi connectivity index (χ0v) is 9.09. The summed E-state index contributed by atoms with van der Waals surface area (Å²) >= 11 is 6.11. The monoisotopic (exact) mass is 210 g/mol. The lowest BCUT2D eigenvalue weighted by atomic mass is 9.99. The normalized spacial score (nSPS) is 26.8. The van der Waals surface area contributed by atoms with E-state index in [2.05, 4.69) is 11.1 Å². The minimum Gasteiger partial charge on any atom is -0.328 e. The highest BCUT2D eigenvalue weighted by Gasteiger charge is 2.25. The molecule has 0 saturated heterocycles. The minimum absolute atomic E-state index is 0.345. The maximum Gasteiger partial charge on any atom is 0.132 e. The first-order valence-electron chi connectivity index (χ1n) is 5.05. The van der Waals surface area contributed by atoms with Gasteiger partial charge in [-0.05, 0) is 43.7 Å². The highest BCUT2D eigenvalue weighted by Crippen LogP contribution is 2.36. The van der Waals surface area contributed by atoms with Crippen LogP contribution in [0.2, 0.25) is 5.15 Å². The lowest BCUT2D eigenvalue weighted by molar-refractivity contribution is 0.673. The molecule has 1 aliphatic carbocycles. The highest BCUT2D eigenvalue weighted by atomic mass is 35.5. The van der Waals surface area contributed by atoms with Crippen LogP contribution in [0.1, 0.15) is 36.4 Å². The minimum atomic E-state index is 0.345. The van der Waals surface area contributed by atoms with E-state index in [4.69, 9.17) is 17.3 Å². The molecule has 1 aliphatic rings. The van der Waals surface area contributed by atoms with Gasteiger partial charge in [-0.25, -0.2) is 4.98 Å². The third kappa shape index (κ3) is 1.91. The number of aromatic nitrogens is 1. The van der Waals surface area contributed by atoms with Gasteiger partial charge in [0.25, 0.3) is 0 Å². The molecule has 0 aliphatic heterocycles. The largest absolute Gasteiger partial charge is 0.328 e. The lowest BCUT2D eigenvalue weighted by Crippen LogP contribution is -2.14. The summed E-state index contributed by atoms with van der Waals surface area (Å²) in [5.74, 6) is 0.519. The molecule has 0 aromatic carbocycles. The van der Waals surface area contributed by atoms with Crippen LogP contribution in [0.4, 0.5) is 0 Å². The van der Waals surface area contributed by atoms with Gasteiger partial charge in [0.15, 0.2) is 0 Å². The number of nitrogens with two attached hydrogens (primary N) is 1. The molecule has 1 fully saturated rings. The number of nitrogens with zero attached hydrogens (tertiary/aromatic N) is 1. The smallest absolute Gasteiger partial charge is 0.132 e. The van der Waals surface area contributed by atoms with Crippen molar-refractivity contribution in [2.75, 3.05) is 0 Å². The molecule has 14 heavy (non-hydrogen) atoms. The Kier molecular flexibility index (Phi) is 2.75. The lowest BCUT2D eigenvalue weighted by Gasteiger charge is -2.11. The van der Waals surface area contributed by atoms with Crippen LogP contribution in [0.25, 0.3) is 0 Å². The quantitative estimate of drug-likeness (QED) is 0.724. The molecule has 1 heterocycles. The topological polar surface area (TPSA) is 38.9 Å². The summed E-state index contributed by atoms with van der Waals surface area (Å²) in [5, 5.41) is 0.657. The van der Waals surface area contributed by atoms with Gasteiger partial charge in [-0.3, -0.25) is 0 Å². The van der Waals surface area contributed by atoms with Crippen LogP contribution >= 0.6 is 11.6 Å². The summed E-state index contributed by atoms with van der Waals surface area (Å²) < 4.78 is 0. The number of halogens is 1. The standard InChI is InChI=1S/C11H15ClN2/c1-7-2-5-10(11(12)14-7)8-3-4-9(13)6-8/h2,5,8-9H,3-4,6,13H2,1H3. The second-order valence-corrected chi connectivity index (χ2v) is 4.46. The molecule has 2 unspecified atom stereocenters. The van der Waals surface area contributed by atoms with Crippen LogP contribution in [0, 0.1) is 6.92 Å². The van der Waals surface area contributed by atoms with Gasteiger partial charge in [0.05, 0.1) is 0 Å². The summed E-state index contributed by atoms with van der Waals surface area (Å²) in [5.41, 5.74) is 8.02. The number of pyridine rings is 1. The molecule has 0 spiro atoms. The molecular formula is C11H15ClN2. The summed E-state index contributed by atoms with van der Waals surface area (Å²) in [4.78, 5) is 4.27. The Morgan fingerprint density at radius 3 is 2.79 bits per heavy atom. The molecule has 1 aromatic heterocycles. The molecule has 1 saturated carbocycles. The van der Waals surface area contributed by atoms with E-state index in [9.17, 15) is 0 Å². The zero-order valence-electron chi connectivity index (χ0n) is 8.33. The van der Waals surface area contributed by atoms with Crippen molar-refractivity contribution in [2.24, 2.45) is 5.73 Å². The van der Waals surface area contributed by atoms with E-state index in [1.165, 1.54) is 5.56 Å². The predicted octanol–water partition coefficient (Wildman–Crippen LogP) is 2.64. The van der Waals surface area contributed by atoms with E-state index < -0.39 is 0 Å². The van der Waals surface area contributed by atoms with Crippen molar-refractivity contribution in [2.45, 2.75) is 38.1 Å². The molecule has 3 heteroatoms. The zero-order chi connectivity index (χ0) is 10.1. The second kappa shape index (κ2) is 3.87. The van der Waals surface area contributed by atoms with Gasteiger partial charge < -0.3 is 5.73 Å². The number of hydrogen-bond acceptors (Lipinski definition) is 2. The Hall–Kier alpha value is -0.600. The van der Waals surface area contributed by atoms with Gasteiger partial charge in [0.2, 0.25) is 0 Å². The first-order valence-corrected chi connectivity index (χ1v) is 5.43. The average Bonchev–Trinajstić information content (AvgIpc) is 2.51. The predicted molar refractivity (Wildman–Crippen MR) is 58.6 cm³/mol. The maximum atomic E-state index is 6.11. The first-order chi connectivity index (χ1) is 6.66. The molecular weight excluding hydrogens is 196 g/mol. The van der Waals surface area contributed by atoms with Gasteiger partial charge in [-0.2, -0.15) is 0 Å². The van der Waals surface area contributed by atoms with Gasteiger partial charge >= 0.3 is 0 Å². The van der Waals surface area contributed by atoms with E-state index in [1.807, 2.05) is 13.0 Å². The number of hydrogen-bond donors (Lipinski definition) is 1. The fraction of sp³-hybridized carbons (Fsp3) is 0.545.